The molecule has 0 bridgehead atoms. The Morgan fingerprint density at radius 2 is 1.93 bits per heavy atom. The summed E-state index contributed by atoms with van der Waals surface area (Å²) < 4.78 is 0. The van der Waals surface area contributed by atoms with Crippen LogP contribution in [0.25, 0.3) is 0 Å². The number of anilines is 1. The van der Waals surface area contributed by atoms with Crippen molar-refractivity contribution in [1.82, 2.24) is 0 Å². The van der Waals surface area contributed by atoms with Crippen molar-refractivity contribution in [2.24, 2.45) is 0 Å². The van der Waals surface area contributed by atoms with Crippen LogP contribution in [0.2, 0.25) is 5.02 Å². The Morgan fingerprint density at radius 1 is 1.13 bits per heavy atom. The summed E-state index contributed by atoms with van der Waals surface area (Å²) in [5, 5.41) is 4.08. The minimum absolute atomic E-state index is 0.774. The van der Waals surface area contributed by atoms with E-state index in [1.54, 1.807) is 0 Å². The monoisotopic (exact) mass is 216 g/mol. The molecule has 0 aliphatic heterocycles. The highest BCUT2D eigenvalue weighted by molar-refractivity contribution is 6.30. The second kappa shape index (κ2) is 4.85. The van der Waals surface area contributed by atoms with Gasteiger partial charge in [0.2, 0.25) is 0 Å². The first-order valence-electron chi connectivity index (χ1n) is 4.79. The molecule has 0 aliphatic carbocycles. The molecule has 2 aromatic carbocycles. The molecule has 1 radical (unpaired) electrons. The van der Waals surface area contributed by atoms with Crippen LogP contribution in [-0.4, -0.2) is 0 Å². The molecule has 0 aliphatic rings. The molecule has 2 heteroatoms. The highest BCUT2D eigenvalue weighted by Gasteiger charge is 1.94. The SMILES string of the molecule is Clc1cccc(CNc2cc[c]cc2)c1. The van der Waals surface area contributed by atoms with Crippen LogP contribution >= 0.6 is 11.6 Å². The van der Waals surface area contributed by atoms with Crippen LogP contribution in [0.4, 0.5) is 5.69 Å². The maximum atomic E-state index is 5.89. The Kier molecular flexibility index (Phi) is 3.25. The zero-order valence-corrected chi connectivity index (χ0v) is 8.96. The van der Waals surface area contributed by atoms with Crippen LogP contribution in [0.5, 0.6) is 0 Å². The fourth-order valence-electron chi connectivity index (χ4n) is 1.36. The van der Waals surface area contributed by atoms with Gasteiger partial charge in [-0.1, -0.05) is 35.9 Å². The highest BCUT2D eigenvalue weighted by Crippen LogP contribution is 2.12. The molecule has 1 nitrogen and oxygen atoms in total. The smallest absolute Gasteiger partial charge is 0.0409 e. The quantitative estimate of drug-likeness (QED) is 0.824. The molecule has 15 heavy (non-hydrogen) atoms. The Bertz CT molecular complexity index is 426. The van der Waals surface area contributed by atoms with Crippen LogP contribution in [0.3, 0.4) is 0 Å². The van der Waals surface area contributed by atoms with Crippen LogP contribution in [-0.2, 0) is 6.54 Å². The van der Waals surface area contributed by atoms with E-state index in [0.717, 1.165) is 17.3 Å². The molecule has 0 aromatic heterocycles. The average molecular weight is 217 g/mol. The molecule has 1 N–H and O–H groups in total. The van der Waals surface area contributed by atoms with Gasteiger partial charge in [-0.05, 0) is 35.9 Å². The first-order valence-corrected chi connectivity index (χ1v) is 5.17. The highest BCUT2D eigenvalue weighted by atomic mass is 35.5. The van der Waals surface area contributed by atoms with Crippen molar-refractivity contribution in [3.8, 4) is 0 Å². The van der Waals surface area contributed by atoms with E-state index in [0.29, 0.717) is 0 Å². The fraction of sp³-hybridized carbons (Fsp3) is 0.0769. The molecule has 0 atom stereocenters. The second-order valence-electron chi connectivity index (χ2n) is 3.27. The van der Waals surface area contributed by atoms with Crippen LogP contribution in [0, 0.1) is 6.07 Å². The van der Waals surface area contributed by atoms with Gasteiger partial charge in [-0.2, -0.15) is 0 Å². The molecular weight excluding hydrogens is 206 g/mol. The van der Waals surface area contributed by atoms with Crippen molar-refractivity contribution < 1.29 is 0 Å². The van der Waals surface area contributed by atoms with E-state index in [1.165, 1.54) is 5.56 Å². The molecule has 0 unspecified atom stereocenters. The molecule has 0 amide bonds. The number of benzene rings is 2. The molecule has 2 aromatic rings. The van der Waals surface area contributed by atoms with Gasteiger partial charge in [0, 0.05) is 17.3 Å². The number of halogens is 1. The molecule has 0 saturated heterocycles. The Hall–Kier alpha value is -1.47. The third-order valence-corrected chi connectivity index (χ3v) is 2.34. The summed E-state index contributed by atoms with van der Waals surface area (Å²) in [6.07, 6.45) is 0. The molecule has 2 rings (SSSR count). The lowest BCUT2D eigenvalue weighted by Gasteiger charge is -2.06. The average Bonchev–Trinajstić information content (AvgIpc) is 2.28. The van der Waals surface area contributed by atoms with Crippen molar-refractivity contribution in [3.63, 3.8) is 0 Å². The van der Waals surface area contributed by atoms with Crippen molar-refractivity contribution in [3.05, 3.63) is 65.2 Å². The van der Waals surface area contributed by atoms with Crippen LogP contribution < -0.4 is 5.32 Å². The standard InChI is InChI=1S/C13H11ClN/c14-12-6-4-5-11(9-12)10-15-13-7-2-1-3-8-13/h2-9,15H,10H2. The maximum Gasteiger partial charge on any atom is 0.0409 e. The molecule has 0 fully saturated rings. The van der Waals surface area contributed by atoms with Gasteiger partial charge in [0.15, 0.2) is 0 Å². The Morgan fingerprint density at radius 3 is 2.67 bits per heavy atom. The normalized spacial score (nSPS) is 9.93. The van der Waals surface area contributed by atoms with E-state index < -0.39 is 0 Å². The van der Waals surface area contributed by atoms with Gasteiger partial charge in [-0.15, -0.1) is 0 Å². The lowest BCUT2D eigenvalue weighted by molar-refractivity contribution is 1.15. The van der Waals surface area contributed by atoms with E-state index in [4.69, 9.17) is 11.6 Å². The lowest BCUT2D eigenvalue weighted by atomic mass is 10.2. The third kappa shape index (κ3) is 3.00. The maximum absolute atomic E-state index is 5.89. The van der Waals surface area contributed by atoms with Gasteiger partial charge in [0.1, 0.15) is 0 Å². The van der Waals surface area contributed by atoms with Crippen molar-refractivity contribution in [1.29, 1.82) is 0 Å². The zero-order chi connectivity index (χ0) is 10.5. The zero-order valence-electron chi connectivity index (χ0n) is 8.20. The van der Waals surface area contributed by atoms with E-state index >= 15 is 0 Å². The largest absolute Gasteiger partial charge is 0.381 e. The summed E-state index contributed by atoms with van der Waals surface area (Å²) in [5.41, 5.74) is 2.27. The fourth-order valence-corrected chi connectivity index (χ4v) is 1.57. The van der Waals surface area contributed by atoms with Crippen molar-refractivity contribution >= 4 is 17.3 Å². The van der Waals surface area contributed by atoms with Gasteiger partial charge in [0.05, 0.1) is 0 Å². The van der Waals surface area contributed by atoms with E-state index in [-0.39, 0.29) is 0 Å². The second-order valence-corrected chi connectivity index (χ2v) is 3.71. The predicted octanol–water partition coefficient (Wildman–Crippen LogP) is 3.75. The Labute approximate surface area is 94.7 Å². The first-order chi connectivity index (χ1) is 7.34. The van der Waals surface area contributed by atoms with E-state index in [1.807, 2.05) is 48.5 Å². The van der Waals surface area contributed by atoms with Crippen LogP contribution in [0.1, 0.15) is 5.56 Å². The summed E-state index contributed by atoms with van der Waals surface area (Å²) in [7, 11) is 0. The van der Waals surface area contributed by atoms with Gasteiger partial charge >= 0.3 is 0 Å². The van der Waals surface area contributed by atoms with Crippen molar-refractivity contribution in [2.45, 2.75) is 6.54 Å². The predicted molar refractivity (Wildman–Crippen MR) is 64.1 cm³/mol. The summed E-state index contributed by atoms with van der Waals surface area (Å²) in [6, 6.07) is 18.6. The Balaban J connectivity index is 1.99. The van der Waals surface area contributed by atoms with Gasteiger partial charge in [0.25, 0.3) is 0 Å². The molecule has 75 valence electrons. The summed E-state index contributed by atoms with van der Waals surface area (Å²) in [5.74, 6) is 0. The van der Waals surface area contributed by atoms with E-state index in [9.17, 15) is 0 Å². The van der Waals surface area contributed by atoms with Crippen molar-refractivity contribution in [2.75, 3.05) is 5.32 Å². The third-order valence-electron chi connectivity index (χ3n) is 2.10. The topological polar surface area (TPSA) is 12.0 Å². The van der Waals surface area contributed by atoms with Gasteiger partial charge < -0.3 is 5.32 Å². The molecular formula is C13H11ClN. The number of hydrogen-bond acceptors (Lipinski definition) is 1. The van der Waals surface area contributed by atoms with Gasteiger partial charge in [-0.25, -0.2) is 0 Å². The lowest BCUT2D eigenvalue weighted by Crippen LogP contribution is -1.98. The number of nitrogens with one attached hydrogen (secondary N) is 1. The molecule has 0 heterocycles. The number of hydrogen-bond donors (Lipinski definition) is 1. The summed E-state index contributed by atoms with van der Waals surface area (Å²) >= 11 is 5.89. The van der Waals surface area contributed by atoms with Crippen LogP contribution in [0.15, 0.2) is 48.5 Å². The minimum atomic E-state index is 0.774. The molecule has 0 spiro atoms. The summed E-state index contributed by atoms with van der Waals surface area (Å²) in [6.45, 7) is 0.782. The number of rotatable bonds is 3. The molecule has 0 saturated carbocycles. The van der Waals surface area contributed by atoms with E-state index in [2.05, 4.69) is 11.4 Å². The first kappa shape index (κ1) is 10.1. The minimum Gasteiger partial charge on any atom is -0.381 e. The summed E-state index contributed by atoms with van der Waals surface area (Å²) in [4.78, 5) is 0. The van der Waals surface area contributed by atoms with Gasteiger partial charge in [-0.3, -0.25) is 0 Å².